The van der Waals surface area contributed by atoms with Gasteiger partial charge in [-0.2, -0.15) is 0 Å². The molecule has 0 fully saturated rings. The number of nitrogens with zero attached hydrogens (tertiary/aromatic N) is 4. The Labute approximate surface area is 132 Å². The van der Waals surface area contributed by atoms with Crippen LogP contribution in [0.5, 0.6) is 0 Å². The van der Waals surface area contributed by atoms with Gasteiger partial charge in [0.15, 0.2) is 11.0 Å². The van der Waals surface area contributed by atoms with Crippen LogP contribution in [-0.2, 0) is 13.6 Å². The van der Waals surface area contributed by atoms with Gasteiger partial charge < -0.3 is 14.8 Å². The van der Waals surface area contributed by atoms with Gasteiger partial charge in [-0.05, 0) is 25.5 Å². The molecule has 0 spiro atoms. The van der Waals surface area contributed by atoms with E-state index < -0.39 is 0 Å². The van der Waals surface area contributed by atoms with Crippen molar-refractivity contribution < 1.29 is 4.79 Å². The Morgan fingerprint density at radius 1 is 1.48 bits per heavy atom. The summed E-state index contributed by atoms with van der Waals surface area (Å²) in [5.41, 5.74) is 0. The minimum absolute atomic E-state index is 0.0742. The molecule has 114 valence electrons. The number of carbonyl (C=O) groups is 1. The molecule has 1 N–H and O–H groups in total. The summed E-state index contributed by atoms with van der Waals surface area (Å²) in [5.74, 6) is 1.64. The number of thiophene rings is 1. The Bertz CT molecular complexity index is 579. The average molecular weight is 325 g/mol. The molecular weight excluding hydrogens is 306 g/mol. The summed E-state index contributed by atoms with van der Waals surface area (Å²) < 4.78 is 1.93. The molecule has 2 heterocycles. The average Bonchev–Trinajstić information content (AvgIpc) is 3.07. The summed E-state index contributed by atoms with van der Waals surface area (Å²) in [7, 11) is 6.01. The van der Waals surface area contributed by atoms with Crippen molar-refractivity contribution in [2.45, 2.75) is 11.7 Å². The van der Waals surface area contributed by atoms with Gasteiger partial charge in [0, 0.05) is 19.3 Å². The van der Waals surface area contributed by atoms with Crippen molar-refractivity contribution in [3.8, 4) is 0 Å². The summed E-state index contributed by atoms with van der Waals surface area (Å²) in [6.45, 7) is 1.37. The van der Waals surface area contributed by atoms with Crippen LogP contribution in [0.2, 0.25) is 0 Å². The third kappa shape index (κ3) is 4.55. The maximum absolute atomic E-state index is 11.9. The summed E-state index contributed by atoms with van der Waals surface area (Å²) >= 11 is 3.09. The lowest BCUT2D eigenvalue weighted by atomic mass is 10.4. The molecule has 21 heavy (non-hydrogen) atoms. The van der Waals surface area contributed by atoms with Crippen molar-refractivity contribution in [3.05, 3.63) is 28.2 Å². The van der Waals surface area contributed by atoms with Crippen LogP contribution in [0.15, 0.2) is 22.7 Å². The first-order chi connectivity index (χ1) is 10.1. The number of carbonyl (C=O) groups excluding carboxylic acids is 1. The molecule has 0 bridgehead atoms. The zero-order chi connectivity index (χ0) is 15.2. The smallest absolute Gasteiger partial charge is 0.261 e. The van der Waals surface area contributed by atoms with E-state index in [0.717, 1.165) is 23.3 Å². The fraction of sp³-hybridized carbons (Fsp3) is 0.462. The SMILES string of the molecule is CN(C)CCSc1nnc(CNC(=O)c2cccs2)n1C. The van der Waals surface area contributed by atoms with Crippen molar-refractivity contribution >= 4 is 29.0 Å². The highest BCUT2D eigenvalue weighted by Crippen LogP contribution is 2.15. The maximum atomic E-state index is 11.9. The first-order valence-electron chi connectivity index (χ1n) is 6.55. The van der Waals surface area contributed by atoms with Crippen LogP contribution in [0.4, 0.5) is 0 Å². The molecule has 0 unspecified atom stereocenters. The fourth-order valence-corrected chi connectivity index (χ4v) is 3.28. The van der Waals surface area contributed by atoms with Crippen molar-refractivity contribution in [2.24, 2.45) is 7.05 Å². The van der Waals surface area contributed by atoms with Crippen LogP contribution in [0.3, 0.4) is 0 Å². The number of aromatic nitrogens is 3. The van der Waals surface area contributed by atoms with Crippen LogP contribution in [0, 0.1) is 0 Å². The van der Waals surface area contributed by atoms with Gasteiger partial charge in [0.05, 0.1) is 11.4 Å². The molecule has 0 aliphatic carbocycles. The summed E-state index contributed by atoms with van der Waals surface area (Å²) in [5, 5.41) is 13.9. The molecule has 0 atom stereocenters. The van der Waals surface area contributed by atoms with Gasteiger partial charge in [0.1, 0.15) is 0 Å². The largest absolute Gasteiger partial charge is 0.344 e. The van der Waals surface area contributed by atoms with Crippen LogP contribution in [0.25, 0.3) is 0 Å². The third-order valence-electron chi connectivity index (χ3n) is 2.85. The van der Waals surface area contributed by atoms with Gasteiger partial charge in [-0.3, -0.25) is 4.79 Å². The van der Waals surface area contributed by atoms with E-state index in [4.69, 9.17) is 0 Å². The van der Waals surface area contributed by atoms with E-state index in [2.05, 4.69) is 20.4 Å². The lowest BCUT2D eigenvalue weighted by molar-refractivity contribution is 0.0953. The van der Waals surface area contributed by atoms with Crippen molar-refractivity contribution in [1.29, 1.82) is 0 Å². The van der Waals surface area contributed by atoms with Crippen LogP contribution in [0.1, 0.15) is 15.5 Å². The lowest BCUT2D eigenvalue weighted by Gasteiger charge is -2.08. The molecule has 0 aromatic carbocycles. The monoisotopic (exact) mass is 325 g/mol. The lowest BCUT2D eigenvalue weighted by Crippen LogP contribution is -2.23. The molecule has 1 amide bonds. The van der Waals surface area contributed by atoms with Crippen molar-refractivity contribution in [1.82, 2.24) is 25.0 Å². The standard InChI is InChI=1S/C13H19N5OS2/c1-17(2)6-8-21-13-16-15-11(18(13)3)9-14-12(19)10-5-4-7-20-10/h4-5,7H,6,8-9H2,1-3H3,(H,14,19). The Balaban J connectivity index is 1.87. The van der Waals surface area contributed by atoms with Crippen LogP contribution in [-0.4, -0.2) is 52.0 Å². The molecule has 0 saturated carbocycles. The Hall–Kier alpha value is -1.38. The van der Waals surface area contributed by atoms with Gasteiger partial charge >= 0.3 is 0 Å². The highest BCUT2D eigenvalue weighted by Gasteiger charge is 2.11. The van der Waals surface area contributed by atoms with Gasteiger partial charge in [-0.1, -0.05) is 17.8 Å². The molecule has 0 aliphatic heterocycles. The second kappa shape index (κ2) is 7.58. The topological polar surface area (TPSA) is 63.1 Å². The molecular formula is C13H19N5OS2. The van der Waals surface area contributed by atoms with Gasteiger partial charge in [0.25, 0.3) is 5.91 Å². The van der Waals surface area contributed by atoms with E-state index in [1.165, 1.54) is 11.3 Å². The van der Waals surface area contributed by atoms with Gasteiger partial charge in [-0.25, -0.2) is 0 Å². The number of nitrogens with one attached hydrogen (secondary N) is 1. The van der Waals surface area contributed by atoms with Gasteiger partial charge in [0.2, 0.25) is 0 Å². The van der Waals surface area contributed by atoms with E-state index in [1.807, 2.05) is 37.2 Å². The maximum Gasteiger partial charge on any atom is 0.261 e. The van der Waals surface area contributed by atoms with E-state index in [-0.39, 0.29) is 5.91 Å². The van der Waals surface area contributed by atoms with E-state index >= 15 is 0 Å². The normalized spacial score (nSPS) is 11.0. The van der Waals surface area contributed by atoms with Gasteiger partial charge in [-0.15, -0.1) is 21.5 Å². The Morgan fingerprint density at radius 3 is 2.95 bits per heavy atom. The second-order valence-corrected chi connectivity index (χ2v) is 6.78. The molecule has 0 radical (unpaired) electrons. The Morgan fingerprint density at radius 2 is 2.29 bits per heavy atom. The van der Waals surface area contributed by atoms with Crippen LogP contribution >= 0.6 is 23.1 Å². The Kier molecular flexibility index (Phi) is 5.77. The number of rotatable bonds is 7. The number of hydrogen-bond acceptors (Lipinski definition) is 6. The summed E-state index contributed by atoms with van der Waals surface area (Å²) in [6.07, 6.45) is 0. The molecule has 2 aromatic rings. The number of thioether (sulfide) groups is 1. The van der Waals surface area contributed by atoms with E-state index in [1.54, 1.807) is 17.8 Å². The molecule has 6 nitrogen and oxygen atoms in total. The predicted octanol–water partition coefficient (Wildman–Crippen LogP) is 1.46. The number of amides is 1. The zero-order valence-corrected chi connectivity index (χ0v) is 14.0. The molecule has 0 saturated heterocycles. The third-order valence-corrected chi connectivity index (χ3v) is 4.72. The van der Waals surface area contributed by atoms with E-state index in [9.17, 15) is 4.79 Å². The van der Waals surface area contributed by atoms with E-state index in [0.29, 0.717) is 11.4 Å². The first kappa shape index (κ1) is 16.0. The highest BCUT2D eigenvalue weighted by atomic mass is 32.2. The molecule has 0 aliphatic rings. The number of hydrogen-bond donors (Lipinski definition) is 1. The summed E-state index contributed by atoms with van der Waals surface area (Å²) in [4.78, 5) is 14.7. The summed E-state index contributed by atoms with van der Waals surface area (Å²) in [6, 6.07) is 3.67. The highest BCUT2D eigenvalue weighted by molar-refractivity contribution is 7.99. The fourth-order valence-electron chi connectivity index (χ4n) is 1.60. The first-order valence-corrected chi connectivity index (χ1v) is 8.42. The predicted molar refractivity (Wildman–Crippen MR) is 85.8 cm³/mol. The van der Waals surface area contributed by atoms with Crippen LogP contribution < -0.4 is 5.32 Å². The second-order valence-electron chi connectivity index (χ2n) is 4.77. The quantitative estimate of drug-likeness (QED) is 0.781. The van der Waals surface area contributed by atoms with Crippen molar-refractivity contribution in [2.75, 3.05) is 26.4 Å². The minimum atomic E-state index is -0.0742. The zero-order valence-electron chi connectivity index (χ0n) is 12.4. The molecule has 2 rings (SSSR count). The van der Waals surface area contributed by atoms with Crippen molar-refractivity contribution in [3.63, 3.8) is 0 Å². The molecule has 2 aromatic heterocycles. The molecule has 8 heteroatoms. The minimum Gasteiger partial charge on any atom is -0.344 e.